The fourth-order valence-corrected chi connectivity index (χ4v) is 0.825. The summed E-state index contributed by atoms with van der Waals surface area (Å²) in [5.74, 6) is 0.320. The second-order valence-electron chi connectivity index (χ2n) is 2.35. The first-order valence-corrected chi connectivity index (χ1v) is 2.94. The molecule has 1 aliphatic carbocycles. The van der Waals surface area contributed by atoms with Gasteiger partial charge in [-0.15, -0.1) is 0 Å². The van der Waals surface area contributed by atoms with Gasteiger partial charge in [-0.2, -0.15) is 0 Å². The number of hydrogen-bond acceptors (Lipinski definition) is 1. The van der Waals surface area contributed by atoms with Gasteiger partial charge in [-0.05, 0) is 25.0 Å². The molecule has 0 heterocycles. The molecule has 48 valence electrons. The van der Waals surface area contributed by atoms with Crippen LogP contribution < -0.4 is 0 Å². The van der Waals surface area contributed by atoms with Gasteiger partial charge in [0.1, 0.15) is 5.76 Å². The van der Waals surface area contributed by atoms with E-state index in [9.17, 15) is 0 Å². The van der Waals surface area contributed by atoms with Crippen LogP contribution in [-0.2, 0) is 0 Å². The van der Waals surface area contributed by atoms with E-state index in [-0.39, 0.29) is 0 Å². The Morgan fingerprint density at radius 3 is 2.67 bits per heavy atom. The van der Waals surface area contributed by atoms with Crippen molar-refractivity contribution >= 4 is 0 Å². The fraction of sp³-hybridized carbons (Fsp3) is 0.250. The molecule has 1 heteroatoms. The molecule has 9 heavy (non-hydrogen) atoms. The predicted molar refractivity (Wildman–Crippen MR) is 38.2 cm³/mol. The minimum Gasteiger partial charge on any atom is -0.508 e. The van der Waals surface area contributed by atoms with Crippen molar-refractivity contribution in [3.05, 3.63) is 35.6 Å². The number of rotatable bonds is 0. The van der Waals surface area contributed by atoms with Gasteiger partial charge in [0.2, 0.25) is 0 Å². The molecule has 0 spiro atoms. The third kappa shape index (κ3) is 1.22. The summed E-state index contributed by atoms with van der Waals surface area (Å²) >= 11 is 0. The van der Waals surface area contributed by atoms with Crippen molar-refractivity contribution < 1.29 is 5.11 Å². The van der Waals surface area contributed by atoms with E-state index in [0.29, 0.717) is 5.76 Å². The molecule has 0 amide bonds. The summed E-state index contributed by atoms with van der Waals surface area (Å²) in [5, 5.41) is 9.01. The Bertz CT molecular complexity index is 197. The molecule has 0 atom stereocenters. The SMILES string of the molecule is C=C1CC(C)=CC=C1O. The van der Waals surface area contributed by atoms with Gasteiger partial charge in [-0.3, -0.25) is 0 Å². The summed E-state index contributed by atoms with van der Waals surface area (Å²) in [4.78, 5) is 0. The number of allylic oxidation sites excluding steroid dienone is 4. The van der Waals surface area contributed by atoms with Gasteiger partial charge in [0.25, 0.3) is 0 Å². The van der Waals surface area contributed by atoms with Crippen LogP contribution in [0, 0.1) is 0 Å². The molecule has 1 N–H and O–H groups in total. The lowest BCUT2D eigenvalue weighted by Crippen LogP contribution is -1.92. The van der Waals surface area contributed by atoms with E-state index in [1.165, 1.54) is 5.57 Å². The van der Waals surface area contributed by atoms with E-state index >= 15 is 0 Å². The van der Waals surface area contributed by atoms with Gasteiger partial charge in [-0.25, -0.2) is 0 Å². The Hall–Kier alpha value is -0.980. The first kappa shape index (κ1) is 6.14. The van der Waals surface area contributed by atoms with Crippen molar-refractivity contribution in [3.63, 3.8) is 0 Å². The minimum absolute atomic E-state index is 0.320. The van der Waals surface area contributed by atoms with Gasteiger partial charge in [0.05, 0.1) is 0 Å². The smallest absolute Gasteiger partial charge is 0.118 e. The maximum absolute atomic E-state index is 9.01. The van der Waals surface area contributed by atoms with Gasteiger partial charge in [0, 0.05) is 0 Å². The van der Waals surface area contributed by atoms with Crippen molar-refractivity contribution in [1.29, 1.82) is 0 Å². The van der Waals surface area contributed by atoms with Crippen molar-refractivity contribution in [1.82, 2.24) is 0 Å². The molecule has 0 unspecified atom stereocenters. The van der Waals surface area contributed by atoms with E-state index in [0.717, 1.165) is 12.0 Å². The molecule has 1 rings (SSSR count). The fourth-order valence-electron chi connectivity index (χ4n) is 0.825. The zero-order chi connectivity index (χ0) is 6.85. The van der Waals surface area contributed by atoms with Gasteiger partial charge < -0.3 is 5.11 Å². The average Bonchev–Trinajstić information content (AvgIpc) is 1.80. The monoisotopic (exact) mass is 122 g/mol. The summed E-state index contributed by atoms with van der Waals surface area (Å²) in [6, 6.07) is 0. The first-order valence-electron chi connectivity index (χ1n) is 2.94. The van der Waals surface area contributed by atoms with Gasteiger partial charge in [-0.1, -0.05) is 18.2 Å². The Kier molecular flexibility index (Phi) is 1.43. The molecule has 0 aromatic rings. The first-order chi connectivity index (χ1) is 4.20. The molecule has 1 nitrogen and oxygen atoms in total. The minimum atomic E-state index is 0.320. The van der Waals surface area contributed by atoms with E-state index in [1.807, 2.05) is 13.0 Å². The second kappa shape index (κ2) is 2.09. The highest BCUT2D eigenvalue weighted by atomic mass is 16.3. The van der Waals surface area contributed by atoms with E-state index < -0.39 is 0 Å². The van der Waals surface area contributed by atoms with E-state index in [4.69, 9.17) is 5.11 Å². The highest BCUT2D eigenvalue weighted by Crippen LogP contribution is 2.19. The van der Waals surface area contributed by atoms with Gasteiger partial charge in [0.15, 0.2) is 0 Å². The lowest BCUT2D eigenvalue weighted by atomic mass is 10.0. The molecule has 0 saturated heterocycles. The standard InChI is InChI=1S/C8H10O/c1-6-3-4-8(9)7(2)5-6/h3-4,9H,2,5H2,1H3. The van der Waals surface area contributed by atoms with Crippen molar-refractivity contribution in [2.75, 3.05) is 0 Å². The second-order valence-corrected chi connectivity index (χ2v) is 2.35. The number of hydrogen-bond donors (Lipinski definition) is 1. The largest absolute Gasteiger partial charge is 0.508 e. The predicted octanol–water partition coefficient (Wildman–Crippen LogP) is 2.33. The molecule has 0 aromatic carbocycles. The highest BCUT2D eigenvalue weighted by Gasteiger charge is 2.04. The molecule has 1 aliphatic rings. The molecule has 0 radical (unpaired) electrons. The molecule has 0 aromatic heterocycles. The third-order valence-corrected chi connectivity index (χ3v) is 1.38. The summed E-state index contributed by atoms with van der Waals surface area (Å²) in [7, 11) is 0. The van der Waals surface area contributed by atoms with Crippen LogP contribution in [0.25, 0.3) is 0 Å². The molecule has 0 saturated carbocycles. The molecular weight excluding hydrogens is 112 g/mol. The van der Waals surface area contributed by atoms with Gasteiger partial charge >= 0.3 is 0 Å². The van der Waals surface area contributed by atoms with E-state index in [1.54, 1.807) is 6.08 Å². The van der Waals surface area contributed by atoms with Crippen molar-refractivity contribution in [3.8, 4) is 0 Å². The molecule has 0 bridgehead atoms. The van der Waals surface area contributed by atoms with E-state index in [2.05, 4.69) is 6.58 Å². The molecular formula is C8H10O. The average molecular weight is 122 g/mol. The zero-order valence-corrected chi connectivity index (χ0v) is 5.52. The van der Waals surface area contributed by atoms with Crippen LogP contribution in [-0.4, -0.2) is 5.11 Å². The summed E-state index contributed by atoms with van der Waals surface area (Å²) in [6.45, 7) is 5.71. The maximum atomic E-state index is 9.01. The maximum Gasteiger partial charge on any atom is 0.118 e. The van der Waals surface area contributed by atoms with Crippen molar-refractivity contribution in [2.24, 2.45) is 0 Å². The lowest BCUT2D eigenvalue weighted by Gasteiger charge is -2.08. The Labute approximate surface area is 55.0 Å². The van der Waals surface area contributed by atoms with Crippen LogP contribution in [0.5, 0.6) is 0 Å². The quantitative estimate of drug-likeness (QED) is 0.522. The van der Waals surface area contributed by atoms with Crippen LogP contribution in [0.2, 0.25) is 0 Å². The normalized spacial score (nSPS) is 19.0. The Balaban J connectivity index is 2.86. The highest BCUT2D eigenvalue weighted by molar-refractivity contribution is 5.35. The zero-order valence-electron chi connectivity index (χ0n) is 5.52. The Morgan fingerprint density at radius 1 is 1.56 bits per heavy atom. The summed E-state index contributed by atoms with van der Waals surface area (Å²) in [5.41, 5.74) is 2.06. The van der Waals surface area contributed by atoms with Crippen LogP contribution in [0.4, 0.5) is 0 Å². The number of aliphatic hydroxyl groups excluding tert-OH is 1. The topological polar surface area (TPSA) is 20.2 Å². The summed E-state index contributed by atoms with van der Waals surface area (Å²) < 4.78 is 0. The van der Waals surface area contributed by atoms with Crippen molar-refractivity contribution in [2.45, 2.75) is 13.3 Å². The molecule has 0 fully saturated rings. The van der Waals surface area contributed by atoms with Crippen LogP contribution in [0.1, 0.15) is 13.3 Å². The van der Waals surface area contributed by atoms with Crippen LogP contribution in [0.15, 0.2) is 35.6 Å². The van der Waals surface area contributed by atoms with Crippen LogP contribution >= 0.6 is 0 Å². The third-order valence-electron chi connectivity index (χ3n) is 1.38. The number of aliphatic hydroxyl groups is 1. The molecule has 0 aliphatic heterocycles. The Morgan fingerprint density at radius 2 is 2.22 bits per heavy atom. The lowest BCUT2D eigenvalue weighted by molar-refractivity contribution is 0.419. The van der Waals surface area contributed by atoms with Crippen LogP contribution in [0.3, 0.4) is 0 Å². The summed E-state index contributed by atoms with van der Waals surface area (Å²) in [6.07, 6.45) is 4.40.